The van der Waals surface area contributed by atoms with Crippen molar-refractivity contribution in [3.63, 3.8) is 0 Å². The van der Waals surface area contributed by atoms with Crippen LogP contribution < -0.4 is 24.8 Å². The van der Waals surface area contributed by atoms with Gasteiger partial charge in [-0.25, -0.2) is 0 Å². The van der Waals surface area contributed by atoms with E-state index in [-0.39, 0.29) is 23.1 Å². The van der Waals surface area contributed by atoms with Crippen LogP contribution in [0.3, 0.4) is 0 Å². The Labute approximate surface area is 199 Å². The summed E-state index contributed by atoms with van der Waals surface area (Å²) >= 11 is 12.2. The molecular formula is C24H18Cl2N2O5. The Morgan fingerprint density at radius 3 is 2.58 bits per heavy atom. The van der Waals surface area contributed by atoms with Gasteiger partial charge in [0.2, 0.25) is 6.79 Å². The maximum absolute atomic E-state index is 13.2. The predicted octanol–water partition coefficient (Wildman–Crippen LogP) is 5.14. The first-order chi connectivity index (χ1) is 15.9. The molecule has 3 aromatic carbocycles. The van der Waals surface area contributed by atoms with Crippen molar-refractivity contribution in [3.8, 4) is 17.2 Å². The summed E-state index contributed by atoms with van der Waals surface area (Å²) in [4.78, 5) is 26.1. The fourth-order valence-corrected chi connectivity index (χ4v) is 3.52. The summed E-state index contributed by atoms with van der Waals surface area (Å²) in [7, 11) is 1.47. The Kier molecular flexibility index (Phi) is 6.72. The molecule has 33 heavy (non-hydrogen) atoms. The van der Waals surface area contributed by atoms with E-state index >= 15 is 0 Å². The second-order valence-electron chi connectivity index (χ2n) is 6.90. The number of amides is 2. The minimum atomic E-state index is -0.589. The van der Waals surface area contributed by atoms with E-state index in [0.29, 0.717) is 33.5 Å². The molecule has 0 bridgehead atoms. The van der Waals surface area contributed by atoms with E-state index in [1.165, 1.54) is 13.2 Å². The molecule has 7 nitrogen and oxygen atoms in total. The highest BCUT2D eigenvalue weighted by molar-refractivity contribution is 6.34. The molecule has 2 N–H and O–H groups in total. The largest absolute Gasteiger partial charge is 0.495 e. The molecule has 1 aliphatic heterocycles. The Morgan fingerprint density at radius 1 is 1.00 bits per heavy atom. The van der Waals surface area contributed by atoms with Crippen molar-refractivity contribution in [1.29, 1.82) is 0 Å². The zero-order valence-electron chi connectivity index (χ0n) is 17.4. The summed E-state index contributed by atoms with van der Waals surface area (Å²) < 4.78 is 16.0. The van der Waals surface area contributed by atoms with Crippen LogP contribution in [0.1, 0.15) is 15.9 Å². The molecule has 0 saturated heterocycles. The van der Waals surface area contributed by atoms with Crippen molar-refractivity contribution in [2.45, 2.75) is 0 Å². The SMILES string of the molecule is COc1ccc(Cl)cc1NC(=O)/C(=C\c1ccc2c(c1)OCO2)NC(=O)c1ccccc1Cl. The third-order valence-corrected chi connectivity index (χ3v) is 5.29. The van der Waals surface area contributed by atoms with E-state index < -0.39 is 11.8 Å². The van der Waals surface area contributed by atoms with Crippen molar-refractivity contribution < 1.29 is 23.8 Å². The number of hydrogen-bond acceptors (Lipinski definition) is 5. The molecule has 3 aromatic rings. The lowest BCUT2D eigenvalue weighted by Gasteiger charge is -2.14. The standard InChI is InChI=1S/C24H18Cl2N2O5/c1-31-20-9-7-15(25)12-18(20)27-24(30)19(28-23(29)16-4-2-3-5-17(16)26)10-14-6-8-21-22(11-14)33-13-32-21/h2-12H,13H2,1H3,(H,27,30)(H,28,29)/b19-10+. The lowest BCUT2D eigenvalue weighted by molar-refractivity contribution is -0.113. The number of ether oxygens (including phenoxy) is 3. The minimum absolute atomic E-state index is 0.0270. The summed E-state index contributed by atoms with van der Waals surface area (Å²) in [6.07, 6.45) is 1.52. The van der Waals surface area contributed by atoms with Gasteiger partial charge in [0.05, 0.1) is 23.4 Å². The molecule has 0 radical (unpaired) electrons. The second-order valence-corrected chi connectivity index (χ2v) is 7.75. The molecule has 0 unspecified atom stereocenters. The molecule has 1 aliphatic rings. The first kappa shape index (κ1) is 22.5. The van der Waals surface area contributed by atoms with Crippen LogP contribution in [0.15, 0.2) is 66.4 Å². The van der Waals surface area contributed by atoms with Crippen molar-refractivity contribution in [2.75, 3.05) is 19.2 Å². The maximum Gasteiger partial charge on any atom is 0.272 e. The Bertz CT molecular complexity index is 1260. The van der Waals surface area contributed by atoms with E-state index in [2.05, 4.69) is 10.6 Å². The molecule has 2 amide bonds. The topological polar surface area (TPSA) is 85.9 Å². The smallest absolute Gasteiger partial charge is 0.272 e. The highest BCUT2D eigenvalue weighted by Gasteiger charge is 2.19. The van der Waals surface area contributed by atoms with Gasteiger partial charge in [-0.2, -0.15) is 0 Å². The van der Waals surface area contributed by atoms with Gasteiger partial charge in [0.1, 0.15) is 11.4 Å². The molecule has 0 atom stereocenters. The normalized spacial score (nSPS) is 12.3. The molecular weight excluding hydrogens is 467 g/mol. The number of halogens is 2. The second kappa shape index (κ2) is 9.85. The van der Waals surface area contributed by atoms with Gasteiger partial charge >= 0.3 is 0 Å². The maximum atomic E-state index is 13.2. The highest BCUT2D eigenvalue weighted by Crippen LogP contribution is 2.33. The third kappa shape index (κ3) is 5.22. The Hall–Kier alpha value is -3.68. The number of fused-ring (bicyclic) bond motifs is 1. The molecule has 0 saturated carbocycles. The first-order valence-electron chi connectivity index (χ1n) is 9.76. The molecule has 1 heterocycles. The van der Waals surface area contributed by atoms with Crippen LogP contribution >= 0.6 is 23.2 Å². The summed E-state index contributed by atoms with van der Waals surface area (Å²) in [5, 5.41) is 6.04. The van der Waals surface area contributed by atoms with Gasteiger partial charge in [-0.05, 0) is 54.1 Å². The van der Waals surface area contributed by atoms with E-state index in [1.54, 1.807) is 60.7 Å². The van der Waals surface area contributed by atoms with Crippen LogP contribution in [0.25, 0.3) is 6.08 Å². The van der Waals surface area contributed by atoms with Crippen LogP contribution in [-0.2, 0) is 4.79 Å². The third-order valence-electron chi connectivity index (χ3n) is 4.73. The number of carbonyl (C=O) groups excluding carboxylic acids is 2. The molecule has 0 fully saturated rings. The van der Waals surface area contributed by atoms with Crippen LogP contribution in [-0.4, -0.2) is 25.7 Å². The Balaban J connectivity index is 1.67. The van der Waals surface area contributed by atoms with Gasteiger partial charge in [-0.15, -0.1) is 0 Å². The molecule has 168 valence electrons. The average molecular weight is 485 g/mol. The fraction of sp³-hybridized carbons (Fsp3) is 0.0833. The summed E-state index contributed by atoms with van der Waals surface area (Å²) in [5.41, 5.74) is 1.16. The molecule has 0 spiro atoms. The summed E-state index contributed by atoms with van der Waals surface area (Å²) in [5.74, 6) is 0.418. The van der Waals surface area contributed by atoms with Gasteiger partial charge < -0.3 is 24.8 Å². The van der Waals surface area contributed by atoms with Crippen LogP contribution in [0.2, 0.25) is 10.0 Å². The average Bonchev–Trinajstić information content (AvgIpc) is 3.27. The highest BCUT2D eigenvalue weighted by atomic mass is 35.5. The predicted molar refractivity (Wildman–Crippen MR) is 126 cm³/mol. The number of methoxy groups -OCH3 is 1. The van der Waals surface area contributed by atoms with Crippen molar-refractivity contribution in [3.05, 3.63) is 87.5 Å². The van der Waals surface area contributed by atoms with E-state index in [0.717, 1.165) is 0 Å². The number of nitrogens with one attached hydrogen (secondary N) is 2. The number of rotatable bonds is 6. The monoisotopic (exact) mass is 484 g/mol. The Morgan fingerprint density at radius 2 is 1.79 bits per heavy atom. The quantitative estimate of drug-likeness (QED) is 0.473. The number of hydrogen-bond donors (Lipinski definition) is 2. The van der Waals surface area contributed by atoms with E-state index in [1.807, 2.05) is 0 Å². The van der Waals surface area contributed by atoms with Gasteiger partial charge in [-0.1, -0.05) is 41.4 Å². The zero-order chi connectivity index (χ0) is 23.4. The van der Waals surface area contributed by atoms with Crippen molar-refractivity contribution >= 4 is 46.8 Å². The summed E-state index contributed by atoms with van der Waals surface area (Å²) in [6, 6.07) is 16.5. The number of carbonyl (C=O) groups is 2. The van der Waals surface area contributed by atoms with Crippen molar-refractivity contribution in [2.24, 2.45) is 0 Å². The van der Waals surface area contributed by atoms with Crippen molar-refractivity contribution in [1.82, 2.24) is 5.32 Å². The number of benzene rings is 3. The first-order valence-corrected chi connectivity index (χ1v) is 10.5. The molecule has 0 aliphatic carbocycles. The fourth-order valence-electron chi connectivity index (χ4n) is 3.13. The van der Waals surface area contributed by atoms with Crippen LogP contribution in [0.5, 0.6) is 17.2 Å². The molecule has 4 rings (SSSR count). The van der Waals surface area contributed by atoms with E-state index in [9.17, 15) is 9.59 Å². The van der Waals surface area contributed by atoms with Gasteiger partial charge in [0.25, 0.3) is 11.8 Å². The van der Waals surface area contributed by atoms with Gasteiger partial charge in [0, 0.05) is 5.02 Å². The zero-order valence-corrected chi connectivity index (χ0v) is 18.9. The van der Waals surface area contributed by atoms with E-state index in [4.69, 9.17) is 37.4 Å². The molecule has 0 aromatic heterocycles. The van der Waals surface area contributed by atoms with Gasteiger partial charge in [0.15, 0.2) is 11.5 Å². The van der Waals surface area contributed by atoms with Gasteiger partial charge in [-0.3, -0.25) is 9.59 Å². The lowest BCUT2D eigenvalue weighted by Crippen LogP contribution is -2.31. The van der Waals surface area contributed by atoms with Crippen LogP contribution in [0, 0.1) is 0 Å². The lowest BCUT2D eigenvalue weighted by atomic mass is 10.1. The van der Waals surface area contributed by atoms with Crippen LogP contribution in [0.4, 0.5) is 5.69 Å². The number of anilines is 1. The summed E-state index contributed by atoms with van der Waals surface area (Å²) in [6.45, 7) is 0.119. The molecule has 9 heteroatoms. The minimum Gasteiger partial charge on any atom is -0.495 e.